The maximum Gasteiger partial charge on any atom is 0.337 e. The minimum Gasteiger partial charge on any atom is -0.465 e. The number of benzene rings is 1. The molecule has 0 saturated heterocycles. The summed E-state index contributed by atoms with van der Waals surface area (Å²) in [6.45, 7) is 0.563. The highest BCUT2D eigenvalue weighted by atomic mass is 16.5. The zero-order valence-corrected chi connectivity index (χ0v) is 8.62. The van der Waals surface area contributed by atoms with E-state index in [4.69, 9.17) is 5.73 Å². The first kappa shape index (κ1) is 11.3. The molecular weight excluding hydrogens is 190 g/mol. The van der Waals surface area contributed by atoms with Crippen LogP contribution in [-0.4, -0.2) is 19.6 Å². The molecule has 3 nitrogen and oxygen atoms in total. The Morgan fingerprint density at radius 3 is 2.60 bits per heavy atom. The Morgan fingerprint density at radius 1 is 1.40 bits per heavy atom. The predicted octanol–water partition coefficient (Wildman–Crippen LogP) is 1.17. The molecule has 0 fully saturated rings. The highest BCUT2D eigenvalue weighted by Crippen LogP contribution is 2.04. The van der Waals surface area contributed by atoms with Gasteiger partial charge in [-0.05, 0) is 24.3 Å². The van der Waals surface area contributed by atoms with E-state index in [9.17, 15) is 4.79 Å². The Labute approximate surface area is 89.2 Å². The van der Waals surface area contributed by atoms with E-state index in [-0.39, 0.29) is 5.97 Å². The molecule has 78 valence electrons. The number of nitrogens with two attached hydrogens (primary N) is 1. The van der Waals surface area contributed by atoms with Crippen molar-refractivity contribution in [2.45, 2.75) is 6.42 Å². The van der Waals surface area contributed by atoms with Gasteiger partial charge in [0.1, 0.15) is 0 Å². The quantitative estimate of drug-likeness (QED) is 0.580. The Bertz CT molecular complexity index is 384. The molecule has 0 unspecified atom stereocenters. The van der Waals surface area contributed by atoms with Crippen LogP contribution in [0.3, 0.4) is 0 Å². The average Bonchev–Trinajstić information content (AvgIpc) is 2.29. The number of carbonyl (C=O) groups is 1. The Balaban J connectivity index is 2.73. The van der Waals surface area contributed by atoms with Gasteiger partial charge in [-0.3, -0.25) is 0 Å². The van der Waals surface area contributed by atoms with E-state index < -0.39 is 0 Å². The van der Waals surface area contributed by atoms with Crippen LogP contribution in [0.2, 0.25) is 0 Å². The van der Waals surface area contributed by atoms with Crippen molar-refractivity contribution in [3.63, 3.8) is 0 Å². The normalized spacial score (nSPS) is 8.93. The number of esters is 1. The minimum atomic E-state index is -0.337. The van der Waals surface area contributed by atoms with Crippen molar-refractivity contribution in [1.29, 1.82) is 0 Å². The molecule has 3 heteroatoms. The topological polar surface area (TPSA) is 52.3 Å². The van der Waals surface area contributed by atoms with Crippen molar-refractivity contribution in [3.8, 4) is 11.8 Å². The van der Waals surface area contributed by atoms with E-state index in [0.29, 0.717) is 18.5 Å². The van der Waals surface area contributed by atoms with Gasteiger partial charge in [-0.1, -0.05) is 11.8 Å². The van der Waals surface area contributed by atoms with E-state index in [2.05, 4.69) is 16.6 Å². The molecule has 0 amide bonds. The highest BCUT2D eigenvalue weighted by molar-refractivity contribution is 5.89. The van der Waals surface area contributed by atoms with Gasteiger partial charge in [-0.25, -0.2) is 4.79 Å². The van der Waals surface area contributed by atoms with Gasteiger partial charge in [-0.2, -0.15) is 0 Å². The van der Waals surface area contributed by atoms with Gasteiger partial charge in [0.25, 0.3) is 0 Å². The molecule has 15 heavy (non-hydrogen) atoms. The van der Waals surface area contributed by atoms with Crippen molar-refractivity contribution in [2.24, 2.45) is 5.73 Å². The van der Waals surface area contributed by atoms with Gasteiger partial charge in [0.15, 0.2) is 0 Å². The number of rotatable bonds is 2. The third-order valence-corrected chi connectivity index (χ3v) is 1.81. The van der Waals surface area contributed by atoms with Crippen molar-refractivity contribution in [1.82, 2.24) is 0 Å². The van der Waals surface area contributed by atoms with Crippen LogP contribution in [0.1, 0.15) is 22.3 Å². The molecule has 0 aliphatic carbocycles. The van der Waals surface area contributed by atoms with Gasteiger partial charge >= 0.3 is 5.97 Å². The van der Waals surface area contributed by atoms with Crippen molar-refractivity contribution in [3.05, 3.63) is 35.4 Å². The lowest BCUT2D eigenvalue weighted by Crippen LogP contribution is -2.00. The minimum absolute atomic E-state index is 0.337. The highest BCUT2D eigenvalue weighted by Gasteiger charge is 2.02. The molecule has 0 radical (unpaired) electrons. The molecule has 1 aromatic rings. The molecule has 0 heterocycles. The Morgan fingerprint density at radius 2 is 2.07 bits per heavy atom. The molecule has 1 aromatic carbocycles. The Hall–Kier alpha value is -1.79. The third-order valence-electron chi connectivity index (χ3n) is 1.81. The number of hydrogen-bond acceptors (Lipinski definition) is 3. The van der Waals surface area contributed by atoms with Crippen LogP contribution in [0.15, 0.2) is 24.3 Å². The second-order valence-corrected chi connectivity index (χ2v) is 2.91. The van der Waals surface area contributed by atoms with Crippen LogP contribution >= 0.6 is 0 Å². The van der Waals surface area contributed by atoms with Gasteiger partial charge in [0, 0.05) is 18.5 Å². The smallest absolute Gasteiger partial charge is 0.337 e. The summed E-state index contributed by atoms with van der Waals surface area (Å²) in [5, 5.41) is 0. The molecule has 0 aliphatic heterocycles. The lowest BCUT2D eigenvalue weighted by molar-refractivity contribution is 0.0601. The summed E-state index contributed by atoms with van der Waals surface area (Å²) in [6.07, 6.45) is 0.679. The monoisotopic (exact) mass is 203 g/mol. The summed E-state index contributed by atoms with van der Waals surface area (Å²) < 4.78 is 4.58. The first-order chi connectivity index (χ1) is 7.27. The van der Waals surface area contributed by atoms with Gasteiger partial charge in [-0.15, -0.1) is 0 Å². The van der Waals surface area contributed by atoms with Crippen LogP contribution in [0.25, 0.3) is 0 Å². The summed E-state index contributed by atoms with van der Waals surface area (Å²) in [4.78, 5) is 11.1. The van der Waals surface area contributed by atoms with Crippen LogP contribution in [0, 0.1) is 11.8 Å². The van der Waals surface area contributed by atoms with Crippen LogP contribution in [0.4, 0.5) is 0 Å². The molecular formula is C12H13NO2. The average molecular weight is 203 g/mol. The SMILES string of the molecule is COC(=O)c1ccc(C#CCCN)cc1. The van der Waals surface area contributed by atoms with Gasteiger partial charge < -0.3 is 10.5 Å². The van der Waals surface area contributed by atoms with E-state index in [0.717, 1.165) is 5.56 Å². The number of ether oxygens (including phenoxy) is 1. The fraction of sp³-hybridized carbons (Fsp3) is 0.250. The number of methoxy groups -OCH3 is 1. The Kier molecular flexibility index (Phi) is 4.39. The molecule has 0 spiro atoms. The van der Waals surface area contributed by atoms with Gasteiger partial charge in [0.05, 0.1) is 12.7 Å². The van der Waals surface area contributed by atoms with Crippen molar-refractivity contribution in [2.75, 3.05) is 13.7 Å². The lowest BCUT2D eigenvalue weighted by Gasteiger charge is -1.97. The standard InChI is InChI=1S/C12H13NO2/c1-15-12(14)11-7-5-10(6-8-11)4-2-3-9-13/h5-8H,3,9,13H2,1H3. The molecule has 0 aliphatic rings. The number of carbonyl (C=O) groups excluding carboxylic acids is 1. The maximum atomic E-state index is 11.1. The molecule has 1 rings (SSSR count). The summed E-state index contributed by atoms with van der Waals surface area (Å²) in [7, 11) is 1.36. The number of hydrogen-bond donors (Lipinski definition) is 1. The summed E-state index contributed by atoms with van der Waals surface area (Å²) >= 11 is 0. The second-order valence-electron chi connectivity index (χ2n) is 2.91. The first-order valence-electron chi connectivity index (χ1n) is 4.65. The van der Waals surface area contributed by atoms with Crippen LogP contribution in [0.5, 0.6) is 0 Å². The van der Waals surface area contributed by atoms with Crippen molar-refractivity contribution >= 4 is 5.97 Å². The molecule has 0 saturated carbocycles. The summed E-state index contributed by atoms with van der Waals surface area (Å²) in [6, 6.07) is 6.96. The van der Waals surface area contributed by atoms with Crippen LogP contribution in [-0.2, 0) is 4.74 Å². The zero-order chi connectivity index (χ0) is 11.1. The second kappa shape index (κ2) is 5.84. The van der Waals surface area contributed by atoms with E-state index >= 15 is 0 Å². The largest absolute Gasteiger partial charge is 0.465 e. The fourth-order valence-electron chi connectivity index (χ4n) is 1.04. The molecule has 0 atom stereocenters. The van der Waals surface area contributed by atoms with E-state index in [1.54, 1.807) is 24.3 Å². The summed E-state index contributed by atoms with van der Waals surface area (Å²) in [5.74, 6) is 5.53. The maximum absolute atomic E-state index is 11.1. The van der Waals surface area contributed by atoms with E-state index in [1.807, 2.05) is 0 Å². The molecule has 2 N–H and O–H groups in total. The van der Waals surface area contributed by atoms with Gasteiger partial charge in [0.2, 0.25) is 0 Å². The molecule has 0 aromatic heterocycles. The summed E-state index contributed by atoms with van der Waals surface area (Å²) in [5.41, 5.74) is 6.71. The van der Waals surface area contributed by atoms with Crippen molar-refractivity contribution < 1.29 is 9.53 Å². The third kappa shape index (κ3) is 3.45. The van der Waals surface area contributed by atoms with Crippen LogP contribution < -0.4 is 5.73 Å². The van der Waals surface area contributed by atoms with E-state index in [1.165, 1.54) is 7.11 Å². The molecule has 0 bridgehead atoms. The first-order valence-corrected chi connectivity index (χ1v) is 4.65. The fourth-order valence-corrected chi connectivity index (χ4v) is 1.04. The zero-order valence-electron chi connectivity index (χ0n) is 8.62. The predicted molar refractivity (Wildman–Crippen MR) is 58.3 cm³/mol. The lowest BCUT2D eigenvalue weighted by atomic mass is 10.1.